The van der Waals surface area contributed by atoms with Gasteiger partial charge < -0.3 is 10.2 Å². The van der Waals surface area contributed by atoms with E-state index < -0.39 is 0 Å². The van der Waals surface area contributed by atoms with Crippen LogP contribution in [0.2, 0.25) is 0 Å². The lowest BCUT2D eigenvalue weighted by atomic mass is 10.1. The molecule has 0 unspecified atom stereocenters. The molecular formula is C8H9BrO2. The molecule has 0 bridgehead atoms. The average molecular weight is 217 g/mol. The number of rotatable bonds is 1. The van der Waals surface area contributed by atoms with E-state index in [4.69, 9.17) is 5.11 Å². The molecule has 0 spiro atoms. The molecule has 11 heavy (non-hydrogen) atoms. The normalized spacial score (nSPS) is 10.1. The summed E-state index contributed by atoms with van der Waals surface area (Å²) in [5.74, 6) is 0.238. The number of phenols is 1. The molecule has 0 saturated heterocycles. The maximum atomic E-state index is 9.30. The molecule has 0 heterocycles. The standard InChI is InChI=1S/C8H9BrO2/c1-5-2-6(4-10)3-7(9)8(5)11/h2-3,10-11H,4H2,1H3. The topological polar surface area (TPSA) is 40.5 Å². The second kappa shape index (κ2) is 3.24. The predicted octanol–water partition coefficient (Wildman–Crippen LogP) is 1.96. The number of hydrogen-bond donors (Lipinski definition) is 2. The summed E-state index contributed by atoms with van der Waals surface area (Å²) < 4.78 is 0.626. The van der Waals surface area contributed by atoms with Crippen LogP contribution in [0.15, 0.2) is 16.6 Å². The third-order valence-corrected chi connectivity index (χ3v) is 2.10. The second-order valence-corrected chi connectivity index (χ2v) is 3.26. The monoisotopic (exact) mass is 216 g/mol. The Morgan fingerprint density at radius 1 is 1.45 bits per heavy atom. The first-order valence-corrected chi connectivity index (χ1v) is 4.03. The van der Waals surface area contributed by atoms with Crippen molar-refractivity contribution >= 4 is 15.9 Å². The number of phenolic OH excluding ortho intramolecular Hbond substituents is 1. The van der Waals surface area contributed by atoms with Crippen LogP contribution in [-0.2, 0) is 6.61 Å². The van der Waals surface area contributed by atoms with Crippen LogP contribution in [0.25, 0.3) is 0 Å². The molecule has 0 atom stereocenters. The molecule has 2 nitrogen and oxygen atoms in total. The van der Waals surface area contributed by atoms with E-state index in [1.54, 1.807) is 19.1 Å². The van der Waals surface area contributed by atoms with E-state index in [2.05, 4.69) is 15.9 Å². The van der Waals surface area contributed by atoms with E-state index in [0.717, 1.165) is 11.1 Å². The molecule has 1 aromatic carbocycles. The van der Waals surface area contributed by atoms with Gasteiger partial charge in [-0.05, 0) is 40.0 Å². The third-order valence-electron chi connectivity index (χ3n) is 1.50. The highest BCUT2D eigenvalue weighted by molar-refractivity contribution is 9.10. The Labute approximate surface area is 73.6 Å². The highest BCUT2D eigenvalue weighted by atomic mass is 79.9. The fraction of sp³-hybridized carbons (Fsp3) is 0.250. The predicted molar refractivity (Wildman–Crippen MR) is 46.5 cm³/mol. The van der Waals surface area contributed by atoms with Crippen molar-refractivity contribution in [3.63, 3.8) is 0 Å². The minimum Gasteiger partial charge on any atom is -0.506 e. The Balaban J connectivity index is 3.21. The first kappa shape index (κ1) is 8.56. The molecule has 0 radical (unpaired) electrons. The Hall–Kier alpha value is -0.540. The second-order valence-electron chi connectivity index (χ2n) is 2.40. The van der Waals surface area contributed by atoms with Crippen LogP contribution in [0, 0.1) is 6.92 Å². The zero-order valence-corrected chi connectivity index (χ0v) is 7.72. The van der Waals surface area contributed by atoms with Gasteiger partial charge in [-0.15, -0.1) is 0 Å². The van der Waals surface area contributed by atoms with Crippen LogP contribution in [0.3, 0.4) is 0 Å². The van der Waals surface area contributed by atoms with Crippen LogP contribution in [0.5, 0.6) is 5.75 Å². The SMILES string of the molecule is Cc1cc(CO)cc(Br)c1O. The van der Waals surface area contributed by atoms with E-state index in [-0.39, 0.29) is 12.4 Å². The zero-order chi connectivity index (χ0) is 8.43. The lowest BCUT2D eigenvalue weighted by molar-refractivity contribution is 0.281. The summed E-state index contributed by atoms with van der Waals surface area (Å²) in [6, 6.07) is 3.45. The fourth-order valence-corrected chi connectivity index (χ4v) is 1.51. The number of aromatic hydroxyl groups is 1. The van der Waals surface area contributed by atoms with Gasteiger partial charge in [-0.2, -0.15) is 0 Å². The summed E-state index contributed by atoms with van der Waals surface area (Å²) in [5.41, 5.74) is 1.57. The molecule has 60 valence electrons. The summed E-state index contributed by atoms with van der Waals surface area (Å²) >= 11 is 3.18. The minimum absolute atomic E-state index is 0.000278. The molecule has 0 saturated carbocycles. The van der Waals surface area contributed by atoms with E-state index in [1.807, 2.05) is 0 Å². The Kier molecular flexibility index (Phi) is 2.52. The molecule has 0 aliphatic carbocycles. The summed E-state index contributed by atoms with van der Waals surface area (Å²) in [6.45, 7) is 1.79. The number of benzene rings is 1. The quantitative estimate of drug-likeness (QED) is 0.754. The van der Waals surface area contributed by atoms with Gasteiger partial charge in [-0.3, -0.25) is 0 Å². The van der Waals surface area contributed by atoms with Gasteiger partial charge in [-0.25, -0.2) is 0 Å². The summed E-state index contributed by atoms with van der Waals surface area (Å²) in [6.07, 6.45) is 0. The van der Waals surface area contributed by atoms with Gasteiger partial charge in [0.1, 0.15) is 5.75 Å². The van der Waals surface area contributed by atoms with Crippen molar-refractivity contribution in [3.05, 3.63) is 27.7 Å². The van der Waals surface area contributed by atoms with Crippen molar-refractivity contribution in [1.29, 1.82) is 0 Å². The molecule has 2 N–H and O–H groups in total. The van der Waals surface area contributed by atoms with E-state index >= 15 is 0 Å². The van der Waals surface area contributed by atoms with E-state index in [0.29, 0.717) is 4.47 Å². The highest BCUT2D eigenvalue weighted by Crippen LogP contribution is 2.28. The molecule has 1 aromatic rings. The minimum atomic E-state index is -0.000278. The van der Waals surface area contributed by atoms with Crippen LogP contribution in [-0.4, -0.2) is 10.2 Å². The van der Waals surface area contributed by atoms with Gasteiger partial charge >= 0.3 is 0 Å². The van der Waals surface area contributed by atoms with E-state index in [1.165, 1.54) is 0 Å². The summed E-state index contributed by atoms with van der Waals surface area (Å²) in [4.78, 5) is 0. The number of halogens is 1. The van der Waals surface area contributed by atoms with Gasteiger partial charge in [0.15, 0.2) is 0 Å². The molecule has 0 aliphatic heterocycles. The summed E-state index contributed by atoms with van der Waals surface area (Å²) in [7, 11) is 0. The third kappa shape index (κ3) is 1.73. The first-order valence-electron chi connectivity index (χ1n) is 3.24. The van der Waals surface area contributed by atoms with Crippen LogP contribution in [0.4, 0.5) is 0 Å². The molecule has 0 fully saturated rings. The van der Waals surface area contributed by atoms with Gasteiger partial charge in [0.2, 0.25) is 0 Å². The van der Waals surface area contributed by atoms with E-state index in [9.17, 15) is 5.11 Å². The van der Waals surface area contributed by atoms with Gasteiger partial charge in [0.25, 0.3) is 0 Å². The number of aliphatic hydroxyl groups excluding tert-OH is 1. The maximum Gasteiger partial charge on any atom is 0.132 e. The van der Waals surface area contributed by atoms with Gasteiger partial charge in [0, 0.05) is 0 Å². The Morgan fingerprint density at radius 2 is 2.09 bits per heavy atom. The van der Waals surface area contributed by atoms with Crippen molar-refractivity contribution in [1.82, 2.24) is 0 Å². The largest absolute Gasteiger partial charge is 0.506 e. The van der Waals surface area contributed by atoms with Crippen LogP contribution >= 0.6 is 15.9 Å². The smallest absolute Gasteiger partial charge is 0.132 e. The number of aliphatic hydroxyl groups is 1. The van der Waals surface area contributed by atoms with Crippen molar-refractivity contribution in [2.75, 3.05) is 0 Å². The fourth-order valence-electron chi connectivity index (χ4n) is 0.899. The van der Waals surface area contributed by atoms with Gasteiger partial charge in [0.05, 0.1) is 11.1 Å². The Morgan fingerprint density at radius 3 is 2.55 bits per heavy atom. The molecule has 3 heteroatoms. The summed E-state index contributed by atoms with van der Waals surface area (Å²) in [5, 5.41) is 18.1. The maximum absolute atomic E-state index is 9.30. The first-order chi connectivity index (χ1) is 5.15. The molecule has 0 aromatic heterocycles. The lowest BCUT2D eigenvalue weighted by Gasteiger charge is -2.03. The van der Waals surface area contributed by atoms with Crippen molar-refractivity contribution < 1.29 is 10.2 Å². The molecule has 1 rings (SSSR count). The number of aryl methyl sites for hydroxylation is 1. The van der Waals surface area contributed by atoms with Crippen molar-refractivity contribution in [3.8, 4) is 5.75 Å². The van der Waals surface area contributed by atoms with Gasteiger partial charge in [-0.1, -0.05) is 6.07 Å². The average Bonchev–Trinajstić information content (AvgIpc) is 1.99. The van der Waals surface area contributed by atoms with Crippen LogP contribution in [0.1, 0.15) is 11.1 Å². The lowest BCUT2D eigenvalue weighted by Crippen LogP contribution is -1.85. The number of hydrogen-bond acceptors (Lipinski definition) is 2. The molecule has 0 amide bonds. The molecular weight excluding hydrogens is 208 g/mol. The van der Waals surface area contributed by atoms with Crippen LogP contribution < -0.4 is 0 Å². The zero-order valence-electron chi connectivity index (χ0n) is 6.13. The van der Waals surface area contributed by atoms with Crippen molar-refractivity contribution in [2.45, 2.75) is 13.5 Å². The highest BCUT2D eigenvalue weighted by Gasteiger charge is 2.02. The Bertz CT molecular complexity index is 248. The molecule has 0 aliphatic rings. The van der Waals surface area contributed by atoms with Crippen molar-refractivity contribution in [2.24, 2.45) is 0 Å².